The normalized spacial score (nSPS) is 10.5. The average molecular weight is 283 g/mol. The first-order chi connectivity index (χ1) is 10.4. The van der Waals surface area contributed by atoms with Gasteiger partial charge in [0.2, 0.25) is 0 Å². The molecule has 3 nitrogen and oxygen atoms in total. The van der Waals surface area contributed by atoms with Crippen molar-refractivity contribution in [2.45, 2.75) is 12.8 Å². The lowest BCUT2D eigenvalue weighted by Gasteiger charge is -2.08. The summed E-state index contributed by atoms with van der Waals surface area (Å²) >= 11 is 0. The molecule has 0 radical (unpaired) electrons. The van der Waals surface area contributed by atoms with E-state index >= 15 is 0 Å². The Hall–Kier alpha value is -1.84. The van der Waals surface area contributed by atoms with E-state index in [0.29, 0.717) is 0 Å². The van der Waals surface area contributed by atoms with Gasteiger partial charge in [-0.15, -0.1) is 0 Å². The SMILES string of the molecule is NCCCNCCCNc1ccc(-c2ccccc2)cc1. The van der Waals surface area contributed by atoms with E-state index in [2.05, 4.69) is 59.2 Å². The Morgan fingerprint density at radius 1 is 0.714 bits per heavy atom. The highest BCUT2D eigenvalue weighted by atomic mass is 14.9. The molecule has 0 aliphatic carbocycles. The van der Waals surface area contributed by atoms with Crippen LogP contribution in [0.1, 0.15) is 12.8 Å². The molecule has 0 aromatic heterocycles. The molecule has 0 heterocycles. The van der Waals surface area contributed by atoms with Crippen LogP contribution in [0.25, 0.3) is 11.1 Å². The molecule has 0 aliphatic heterocycles. The number of hydrogen-bond acceptors (Lipinski definition) is 3. The van der Waals surface area contributed by atoms with Crippen LogP contribution in [0, 0.1) is 0 Å². The van der Waals surface area contributed by atoms with Crippen molar-refractivity contribution in [1.82, 2.24) is 5.32 Å². The molecular weight excluding hydrogens is 258 g/mol. The monoisotopic (exact) mass is 283 g/mol. The van der Waals surface area contributed by atoms with Gasteiger partial charge < -0.3 is 16.4 Å². The zero-order chi connectivity index (χ0) is 14.8. The Bertz CT molecular complexity index is 494. The zero-order valence-electron chi connectivity index (χ0n) is 12.5. The van der Waals surface area contributed by atoms with E-state index in [1.807, 2.05) is 6.07 Å². The number of nitrogens with two attached hydrogens (primary N) is 1. The first kappa shape index (κ1) is 15.5. The van der Waals surface area contributed by atoms with Crippen LogP contribution in [0.5, 0.6) is 0 Å². The fourth-order valence-electron chi connectivity index (χ4n) is 2.21. The van der Waals surface area contributed by atoms with Crippen molar-refractivity contribution in [3.8, 4) is 11.1 Å². The lowest BCUT2D eigenvalue weighted by Crippen LogP contribution is -2.21. The average Bonchev–Trinajstić information content (AvgIpc) is 2.55. The molecule has 0 aliphatic rings. The van der Waals surface area contributed by atoms with Gasteiger partial charge in [-0.25, -0.2) is 0 Å². The van der Waals surface area contributed by atoms with Gasteiger partial charge in [0.05, 0.1) is 0 Å². The standard InChI is InChI=1S/C18H25N3/c19-12-4-13-20-14-5-15-21-18-10-8-17(9-11-18)16-6-2-1-3-7-16/h1-3,6-11,20-21H,4-5,12-15,19H2. The van der Waals surface area contributed by atoms with Gasteiger partial charge in [0.15, 0.2) is 0 Å². The Balaban J connectivity index is 1.71. The molecule has 3 heteroatoms. The number of benzene rings is 2. The summed E-state index contributed by atoms with van der Waals surface area (Å²) in [5, 5.41) is 6.83. The van der Waals surface area contributed by atoms with Crippen LogP contribution < -0.4 is 16.4 Å². The van der Waals surface area contributed by atoms with Crippen LogP contribution in [-0.2, 0) is 0 Å². The summed E-state index contributed by atoms with van der Waals surface area (Å²) in [7, 11) is 0. The number of rotatable bonds is 9. The van der Waals surface area contributed by atoms with Gasteiger partial charge in [-0.1, -0.05) is 42.5 Å². The van der Waals surface area contributed by atoms with Crippen LogP contribution in [-0.4, -0.2) is 26.2 Å². The fraction of sp³-hybridized carbons (Fsp3) is 0.333. The summed E-state index contributed by atoms with van der Waals surface area (Å²) in [5.74, 6) is 0. The van der Waals surface area contributed by atoms with Crippen molar-refractivity contribution in [3.05, 3.63) is 54.6 Å². The van der Waals surface area contributed by atoms with Gasteiger partial charge in [0.25, 0.3) is 0 Å². The first-order valence-electron chi connectivity index (χ1n) is 7.70. The Morgan fingerprint density at radius 2 is 1.38 bits per heavy atom. The molecular formula is C18H25N3. The number of hydrogen-bond donors (Lipinski definition) is 3. The Labute approximate surface area is 127 Å². The van der Waals surface area contributed by atoms with Gasteiger partial charge >= 0.3 is 0 Å². The predicted molar refractivity (Wildman–Crippen MR) is 91.5 cm³/mol. The van der Waals surface area contributed by atoms with Gasteiger partial charge in [0.1, 0.15) is 0 Å². The minimum Gasteiger partial charge on any atom is -0.385 e. The minimum atomic E-state index is 0.763. The van der Waals surface area contributed by atoms with Crippen LogP contribution in [0.3, 0.4) is 0 Å². The molecule has 2 rings (SSSR count). The quantitative estimate of drug-likeness (QED) is 0.620. The van der Waals surface area contributed by atoms with E-state index < -0.39 is 0 Å². The summed E-state index contributed by atoms with van der Waals surface area (Å²) in [4.78, 5) is 0. The highest BCUT2D eigenvalue weighted by Crippen LogP contribution is 2.20. The number of anilines is 1. The van der Waals surface area contributed by atoms with Gasteiger partial charge in [-0.3, -0.25) is 0 Å². The predicted octanol–water partition coefficient (Wildman–Crippen LogP) is 3.09. The summed E-state index contributed by atoms with van der Waals surface area (Å²) in [6, 6.07) is 19.1. The van der Waals surface area contributed by atoms with Crippen molar-refractivity contribution < 1.29 is 0 Å². The second-order valence-electron chi connectivity index (χ2n) is 5.12. The molecule has 0 fully saturated rings. The Morgan fingerprint density at radius 3 is 2.10 bits per heavy atom. The van der Waals surface area contributed by atoms with Gasteiger partial charge in [-0.05, 0) is 55.7 Å². The molecule has 0 spiro atoms. The third kappa shape index (κ3) is 5.58. The molecule has 0 bridgehead atoms. The molecule has 0 amide bonds. The molecule has 2 aromatic carbocycles. The topological polar surface area (TPSA) is 50.1 Å². The van der Waals surface area contributed by atoms with Crippen LogP contribution in [0.2, 0.25) is 0 Å². The van der Waals surface area contributed by atoms with E-state index in [-0.39, 0.29) is 0 Å². The highest BCUT2D eigenvalue weighted by molar-refractivity contribution is 5.65. The molecule has 0 saturated heterocycles. The molecule has 4 N–H and O–H groups in total. The maximum atomic E-state index is 5.45. The van der Waals surface area contributed by atoms with Crippen molar-refractivity contribution >= 4 is 5.69 Å². The molecule has 0 unspecified atom stereocenters. The third-order valence-corrected chi connectivity index (χ3v) is 3.41. The lowest BCUT2D eigenvalue weighted by molar-refractivity contribution is 0.637. The second kappa shape index (κ2) is 9.16. The summed E-state index contributed by atoms with van der Waals surface area (Å²) in [5.41, 5.74) is 9.14. The molecule has 2 aromatic rings. The van der Waals surface area contributed by atoms with Crippen LogP contribution >= 0.6 is 0 Å². The minimum absolute atomic E-state index is 0.763. The van der Waals surface area contributed by atoms with E-state index in [0.717, 1.165) is 39.0 Å². The van der Waals surface area contributed by atoms with Gasteiger partial charge in [0, 0.05) is 12.2 Å². The largest absolute Gasteiger partial charge is 0.385 e. The van der Waals surface area contributed by atoms with Crippen LogP contribution in [0.15, 0.2) is 54.6 Å². The van der Waals surface area contributed by atoms with E-state index in [1.54, 1.807) is 0 Å². The van der Waals surface area contributed by atoms with Crippen LogP contribution in [0.4, 0.5) is 5.69 Å². The van der Waals surface area contributed by atoms with Crippen molar-refractivity contribution in [2.75, 3.05) is 31.5 Å². The van der Waals surface area contributed by atoms with Crippen molar-refractivity contribution in [2.24, 2.45) is 5.73 Å². The Kier molecular flexibility index (Phi) is 6.78. The third-order valence-electron chi connectivity index (χ3n) is 3.41. The second-order valence-corrected chi connectivity index (χ2v) is 5.12. The van der Waals surface area contributed by atoms with Crippen molar-refractivity contribution in [3.63, 3.8) is 0 Å². The van der Waals surface area contributed by atoms with Gasteiger partial charge in [-0.2, -0.15) is 0 Å². The zero-order valence-corrected chi connectivity index (χ0v) is 12.5. The maximum absolute atomic E-state index is 5.45. The number of nitrogens with one attached hydrogen (secondary N) is 2. The summed E-state index contributed by atoms with van der Waals surface area (Å²) < 4.78 is 0. The maximum Gasteiger partial charge on any atom is 0.0340 e. The molecule has 112 valence electrons. The fourth-order valence-corrected chi connectivity index (χ4v) is 2.21. The summed E-state index contributed by atoms with van der Waals surface area (Å²) in [6.45, 7) is 3.80. The van der Waals surface area contributed by atoms with Crippen molar-refractivity contribution in [1.29, 1.82) is 0 Å². The molecule has 0 saturated carbocycles. The first-order valence-corrected chi connectivity index (χ1v) is 7.70. The lowest BCUT2D eigenvalue weighted by atomic mass is 10.1. The smallest absolute Gasteiger partial charge is 0.0340 e. The van der Waals surface area contributed by atoms with E-state index in [9.17, 15) is 0 Å². The van der Waals surface area contributed by atoms with E-state index in [4.69, 9.17) is 5.73 Å². The summed E-state index contributed by atoms with van der Waals surface area (Å²) in [6.07, 6.45) is 2.17. The molecule has 21 heavy (non-hydrogen) atoms. The van der Waals surface area contributed by atoms with E-state index in [1.165, 1.54) is 16.8 Å². The molecule has 0 atom stereocenters. The highest BCUT2D eigenvalue weighted by Gasteiger charge is 1.97.